The van der Waals surface area contributed by atoms with Crippen LogP contribution in [-0.2, 0) is 0 Å². The Bertz CT molecular complexity index is 738. The van der Waals surface area contributed by atoms with E-state index < -0.39 is 11.0 Å². The average molecular weight is 304 g/mol. The van der Waals surface area contributed by atoms with Gasteiger partial charge in [-0.15, -0.1) is 0 Å². The van der Waals surface area contributed by atoms with Gasteiger partial charge in [-0.25, -0.2) is 10.2 Å². The first-order chi connectivity index (χ1) is 10.5. The molecule has 0 atom stereocenters. The Morgan fingerprint density at radius 3 is 2.86 bits per heavy atom. The first-order valence-electron chi connectivity index (χ1n) is 6.02. The summed E-state index contributed by atoms with van der Waals surface area (Å²) in [6, 6.07) is 6.65. The van der Waals surface area contributed by atoms with E-state index in [1.807, 2.05) is 5.43 Å². The summed E-state index contributed by atoms with van der Waals surface area (Å²) in [5, 5.41) is 14.3. The number of ether oxygens (including phenoxy) is 1. The van der Waals surface area contributed by atoms with Gasteiger partial charge in [-0.1, -0.05) is 0 Å². The van der Waals surface area contributed by atoms with Crippen molar-refractivity contribution >= 4 is 17.9 Å². The Morgan fingerprint density at radius 2 is 2.23 bits per heavy atom. The standard InChI is InChI=1S/C13H12N4O5/c1-21-12-6-8(17(19)20)2-4-10(12)11-5-3-9(22-11)7-15-16-13(14)18/h2-7H,1H3,(H3,14,16,18)/b15-7+. The van der Waals surface area contributed by atoms with Crippen LogP contribution < -0.4 is 15.9 Å². The van der Waals surface area contributed by atoms with Gasteiger partial charge in [0.1, 0.15) is 17.3 Å². The number of nitrogens with one attached hydrogen (secondary N) is 1. The highest BCUT2D eigenvalue weighted by atomic mass is 16.6. The molecular formula is C13H12N4O5. The second-order valence-electron chi connectivity index (χ2n) is 4.08. The summed E-state index contributed by atoms with van der Waals surface area (Å²) < 4.78 is 10.6. The minimum Gasteiger partial charge on any atom is -0.496 e. The van der Waals surface area contributed by atoms with Gasteiger partial charge in [0.05, 0.1) is 29.9 Å². The van der Waals surface area contributed by atoms with Crippen LogP contribution in [0.1, 0.15) is 5.76 Å². The molecule has 9 nitrogen and oxygen atoms in total. The number of nitrogens with two attached hydrogens (primary N) is 1. The van der Waals surface area contributed by atoms with Crippen LogP contribution in [0.3, 0.4) is 0 Å². The van der Waals surface area contributed by atoms with E-state index in [-0.39, 0.29) is 5.69 Å². The maximum Gasteiger partial charge on any atom is 0.332 e. The van der Waals surface area contributed by atoms with Crippen molar-refractivity contribution in [2.24, 2.45) is 10.8 Å². The third kappa shape index (κ3) is 3.39. The molecule has 0 saturated heterocycles. The van der Waals surface area contributed by atoms with Gasteiger partial charge in [0.15, 0.2) is 0 Å². The number of nitro benzene ring substituents is 1. The number of nitro groups is 1. The molecule has 22 heavy (non-hydrogen) atoms. The molecule has 0 aliphatic carbocycles. The fourth-order valence-corrected chi connectivity index (χ4v) is 1.72. The Kier molecular flexibility index (Phi) is 4.37. The third-order valence-corrected chi connectivity index (χ3v) is 2.65. The number of hydrogen-bond acceptors (Lipinski definition) is 6. The van der Waals surface area contributed by atoms with Gasteiger partial charge < -0.3 is 14.9 Å². The van der Waals surface area contributed by atoms with Crippen molar-refractivity contribution in [2.45, 2.75) is 0 Å². The largest absolute Gasteiger partial charge is 0.496 e. The number of carbonyl (C=O) groups is 1. The number of non-ortho nitro benzene ring substituents is 1. The molecule has 0 unspecified atom stereocenters. The molecule has 0 aliphatic rings. The smallest absolute Gasteiger partial charge is 0.332 e. The molecule has 3 N–H and O–H groups in total. The fraction of sp³-hybridized carbons (Fsp3) is 0.0769. The van der Waals surface area contributed by atoms with Gasteiger partial charge in [0, 0.05) is 6.07 Å². The lowest BCUT2D eigenvalue weighted by atomic mass is 10.1. The van der Waals surface area contributed by atoms with E-state index in [9.17, 15) is 14.9 Å². The molecule has 2 rings (SSSR count). The molecule has 114 valence electrons. The number of rotatable bonds is 5. The van der Waals surface area contributed by atoms with Gasteiger partial charge in [-0.05, 0) is 18.2 Å². The summed E-state index contributed by atoms with van der Waals surface area (Å²) in [4.78, 5) is 20.7. The Hall–Kier alpha value is -3.36. The van der Waals surface area contributed by atoms with E-state index in [2.05, 4.69) is 5.10 Å². The molecule has 1 aromatic carbocycles. The number of primary amides is 1. The Balaban J connectivity index is 2.28. The minimum atomic E-state index is -0.792. The van der Waals surface area contributed by atoms with Crippen LogP contribution in [0.15, 0.2) is 39.9 Å². The highest BCUT2D eigenvalue weighted by Gasteiger charge is 2.15. The number of methoxy groups -OCH3 is 1. The number of nitrogens with zero attached hydrogens (tertiary/aromatic N) is 2. The molecule has 0 spiro atoms. The molecule has 0 aliphatic heterocycles. The molecule has 2 amide bonds. The zero-order chi connectivity index (χ0) is 16.1. The van der Waals surface area contributed by atoms with Crippen LogP contribution in [0.2, 0.25) is 0 Å². The topological polar surface area (TPSA) is 133 Å². The van der Waals surface area contributed by atoms with E-state index in [0.29, 0.717) is 22.8 Å². The lowest BCUT2D eigenvalue weighted by molar-refractivity contribution is -0.384. The number of hydrogen-bond donors (Lipinski definition) is 2. The summed E-state index contributed by atoms with van der Waals surface area (Å²) in [6.45, 7) is 0. The van der Waals surface area contributed by atoms with Crippen LogP contribution >= 0.6 is 0 Å². The normalized spacial score (nSPS) is 10.6. The zero-order valence-corrected chi connectivity index (χ0v) is 11.5. The second kappa shape index (κ2) is 6.39. The molecule has 0 bridgehead atoms. The molecule has 0 saturated carbocycles. The molecule has 1 aromatic heterocycles. The van der Waals surface area contributed by atoms with Crippen molar-refractivity contribution in [2.75, 3.05) is 7.11 Å². The van der Waals surface area contributed by atoms with Crippen molar-refractivity contribution in [3.8, 4) is 17.1 Å². The first kappa shape index (κ1) is 15.0. The SMILES string of the molecule is COc1cc([N+](=O)[O-])ccc1-c1ccc(/C=N/NC(N)=O)o1. The minimum absolute atomic E-state index is 0.0837. The van der Waals surface area contributed by atoms with E-state index in [1.54, 1.807) is 12.1 Å². The van der Waals surface area contributed by atoms with Crippen molar-refractivity contribution in [3.05, 3.63) is 46.2 Å². The maximum absolute atomic E-state index is 10.8. The molecule has 1 heterocycles. The fourth-order valence-electron chi connectivity index (χ4n) is 1.72. The number of carbonyl (C=O) groups excluding carboxylic acids is 1. The summed E-state index contributed by atoms with van der Waals surface area (Å²) in [5.74, 6) is 1.11. The van der Waals surface area contributed by atoms with Gasteiger partial charge >= 0.3 is 6.03 Å². The van der Waals surface area contributed by atoms with Gasteiger partial charge in [-0.3, -0.25) is 10.1 Å². The lowest BCUT2D eigenvalue weighted by Gasteiger charge is -2.05. The van der Waals surface area contributed by atoms with E-state index in [4.69, 9.17) is 14.9 Å². The van der Waals surface area contributed by atoms with Gasteiger partial charge in [-0.2, -0.15) is 5.10 Å². The number of hydrazone groups is 1. The Labute approximate surface area is 124 Å². The second-order valence-corrected chi connectivity index (χ2v) is 4.08. The lowest BCUT2D eigenvalue weighted by Crippen LogP contribution is -2.24. The van der Waals surface area contributed by atoms with E-state index in [1.165, 1.54) is 31.5 Å². The highest BCUT2D eigenvalue weighted by molar-refractivity contribution is 5.80. The van der Waals surface area contributed by atoms with Gasteiger partial charge in [0.25, 0.3) is 5.69 Å². The zero-order valence-electron chi connectivity index (χ0n) is 11.5. The van der Waals surface area contributed by atoms with Crippen LogP contribution in [-0.4, -0.2) is 24.3 Å². The monoisotopic (exact) mass is 304 g/mol. The Morgan fingerprint density at radius 1 is 1.45 bits per heavy atom. The predicted molar refractivity (Wildman–Crippen MR) is 77.7 cm³/mol. The van der Waals surface area contributed by atoms with Crippen LogP contribution in [0, 0.1) is 10.1 Å². The number of amides is 2. The first-order valence-corrected chi connectivity index (χ1v) is 6.02. The van der Waals surface area contributed by atoms with Crippen LogP contribution in [0.25, 0.3) is 11.3 Å². The van der Waals surface area contributed by atoms with Gasteiger partial charge in [0.2, 0.25) is 0 Å². The molecule has 0 fully saturated rings. The summed E-state index contributed by atoms with van der Waals surface area (Å²) in [6.07, 6.45) is 1.27. The van der Waals surface area contributed by atoms with Crippen LogP contribution in [0.4, 0.5) is 10.5 Å². The van der Waals surface area contributed by atoms with Crippen molar-refractivity contribution in [3.63, 3.8) is 0 Å². The summed E-state index contributed by atoms with van der Waals surface area (Å²) in [7, 11) is 1.41. The molecule has 2 aromatic rings. The quantitative estimate of drug-likeness (QED) is 0.494. The highest BCUT2D eigenvalue weighted by Crippen LogP contribution is 2.33. The molecular weight excluding hydrogens is 292 g/mol. The van der Waals surface area contributed by atoms with Crippen molar-refractivity contribution < 1.29 is 18.9 Å². The number of urea groups is 1. The predicted octanol–water partition coefficient (Wildman–Crippen LogP) is 1.87. The average Bonchev–Trinajstić information content (AvgIpc) is 2.94. The van der Waals surface area contributed by atoms with E-state index >= 15 is 0 Å². The number of benzene rings is 1. The summed E-state index contributed by atoms with van der Waals surface area (Å²) in [5.41, 5.74) is 7.37. The summed E-state index contributed by atoms with van der Waals surface area (Å²) >= 11 is 0. The molecule has 0 radical (unpaired) electrons. The molecule has 9 heteroatoms. The van der Waals surface area contributed by atoms with E-state index in [0.717, 1.165) is 0 Å². The maximum atomic E-state index is 10.8. The third-order valence-electron chi connectivity index (χ3n) is 2.65. The van der Waals surface area contributed by atoms with Crippen molar-refractivity contribution in [1.82, 2.24) is 5.43 Å². The van der Waals surface area contributed by atoms with Crippen molar-refractivity contribution in [1.29, 1.82) is 0 Å². The van der Waals surface area contributed by atoms with Crippen LogP contribution in [0.5, 0.6) is 5.75 Å². The number of furan rings is 1.